The molecule has 32 heavy (non-hydrogen) atoms. The van der Waals surface area contributed by atoms with Crippen molar-refractivity contribution in [3.63, 3.8) is 0 Å². The predicted molar refractivity (Wildman–Crippen MR) is 123 cm³/mol. The molecular weight excluding hydrogens is 532 g/mol. The maximum absolute atomic E-state index is 13.5. The number of piperidine rings is 1. The highest BCUT2D eigenvalue weighted by Gasteiger charge is 2.37. The van der Waals surface area contributed by atoms with Crippen molar-refractivity contribution in [2.75, 3.05) is 26.2 Å². The molecule has 0 radical (unpaired) electrons. The van der Waals surface area contributed by atoms with E-state index in [-0.39, 0.29) is 11.9 Å². The number of hydrogen-bond donors (Lipinski definition) is 0. The molecule has 1 aliphatic carbocycles. The van der Waals surface area contributed by atoms with Gasteiger partial charge in [-0.1, -0.05) is 12.1 Å². The lowest BCUT2D eigenvalue weighted by atomic mass is 10.0. The Hall–Kier alpha value is -1.62. The van der Waals surface area contributed by atoms with E-state index in [2.05, 4.69) is 32.5 Å². The second kappa shape index (κ2) is 8.62. The van der Waals surface area contributed by atoms with Crippen molar-refractivity contribution in [3.05, 3.63) is 39.2 Å². The number of nitrogens with zero attached hydrogens (tertiary/aromatic N) is 4. The van der Waals surface area contributed by atoms with Crippen molar-refractivity contribution in [2.45, 2.75) is 56.8 Å². The van der Waals surface area contributed by atoms with Crippen LogP contribution in [0.5, 0.6) is 0 Å². The first-order valence-electron chi connectivity index (χ1n) is 11.3. The molecule has 3 aliphatic rings. The van der Waals surface area contributed by atoms with Gasteiger partial charge in [0.2, 0.25) is 0 Å². The van der Waals surface area contributed by atoms with E-state index in [0.29, 0.717) is 39.9 Å². The van der Waals surface area contributed by atoms with E-state index in [1.807, 2.05) is 9.47 Å². The number of hydrogen-bond acceptors (Lipinski definition) is 3. The Morgan fingerprint density at radius 2 is 1.69 bits per heavy atom. The molecule has 3 fully saturated rings. The lowest BCUT2D eigenvalue weighted by molar-refractivity contribution is -0.137. The maximum atomic E-state index is 13.5. The van der Waals surface area contributed by atoms with Gasteiger partial charge < -0.3 is 14.4 Å². The number of amides is 1. The molecule has 5 rings (SSSR count). The van der Waals surface area contributed by atoms with Gasteiger partial charge in [0.25, 0.3) is 5.91 Å². The number of alkyl halides is 3. The molecule has 1 aromatic heterocycles. The Morgan fingerprint density at radius 1 is 1.00 bits per heavy atom. The molecule has 0 spiro atoms. The van der Waals surface area contributed by atoms with Crippen molar-refractivity contribution < 1.29 is 18.0 Å². The third-order valence-electron chi connectivity index (χ3n) is 6.84. The summed E-state index contributed by atoms with van der Waals surface area (Å²) >= 11 is 2.06. The number of carbonyl (C=O) groups is 1. The van der Waals surface area contributed by atoms with Crippen LogP contribution in [0.15, 0.2) is 24.3 Å². The van der Waals surface area contributed by atoms with Crippen LogP contribution >= 0.6 is 22.6 Å². The van der Waals surface area contributed by atoms with E-state index >= 15 is 0 Å². The predicted octanol–water partition coefficient (Wildman–Crippen LogP) is 5.21. The van der Waals surface area contributed by atoms with Crippen LogP contribution in [0.4, 0.5) is 13.2 Å². The van der Waals surface area contributed by atoms with Crippen molar-refractivity contribution >= 4 is 28.5 Å². The van der Waals surface area contributed by atoms with Gasteiger partial charge in [0, 0.05) is 30.7 Å². The first-order valence-corrected chi connectivity index (χ1v) is 12.4. The molecule has 5 nitrogen and oxygen atoms in total. The second-order valence-electron chi connectivity index (χ2n) is 9.02. The fourth-order valence-corrected chi connectivity index (χ4v) is 5.73. The number of halogens is 4. The summed E-state index contributed by atoms with van der Waals surface area (Å²) < 4.78 is 42.2. The molecule has 0 N–H and O–H groups in total. The highest BCUT2D eigenvalue weighted by Crippen LogP contribution is 2.42. The van der Waals surface area contributed by atoms with E-state index in [1.165, 1.54) is 18.9 Å². The Balaban J connectivity index is 1.42. The van der Waals surface area contributed by atoms with Gasteiger partial charge in [-0.2, -0.15) is 13.2 Å². The molecule has 1 saturated carbocycles. The van der Waals surface area contributed by atoms with Gasteiger partial charge in [-0.3, -0.25) is 4.79 Å². The van der Waals surface area contributed by atoms with Crippen LogP contribution < -0.4 is 0 Å². The number of carbonyl (C=O) groups excluding carboxylic acids is 1. The lowest BCUT2D eigenvalue weighted by Gasteiger charge is -2.36. The average Bonchev–Trinajstić information content (AvgIpc) is 3.34. The van der Waals surface area contributed by atoms with Gasteiger partial charge in [0.05, 0.1) is 5.56 Å². The molecule has 0 atom stereocenters. The number of imidazole rings is 1. The zero-order valence-electron chi connectivity index (χ0n) is 17.7. The van der Waals surface area contributed by atoms with Gasteiger partial charge in [-0.15, -0.1) is 0 Å². The minimum atomic E-state index is -4.42. The van der Waals surface area contributed by atoms with Crippen LogP contribution in [0.2, 0.25) is 0 Å². The SMILES string of the molecule is O=C(c1c(I)nc(-c2cccc(C(F)(F)F)c2)n1C1CC1)N1CCC(N2CCCC2)CC1. The van der Waals surface area contributed by atoms with Crippen LogP contribution in [0.1, 0.15) is 60.6 Å². The van der Waals surface area contributed by atoms with E-state index in [9.17, 15) is 18.0 Å². The Morgan fingerprint density at radius 3 is 2.31 bits per heavy atom. The standard InChI is InChI=1S/C23H26F3IN4O/c24-23(25,26)16-5-3-4-15(14-16)21-28-20(27)19(31(21)18-6-7-18)22(32)30-12-8-17(9-13-30)29-10-1-2-11-29/h3-5,14,17-18H,1-2,6-13H2. The number of aromatic nitrogens is 2. The Kier molecular flexibility index (Phi) is 5.98. The Labute approximate surface area is 199 Å². The highest BCUT2D eigenvalue weighted by molar-refractivity contribution is 14.1. The number of benzene rings is 1. The molecule has 3 heterocycles. The van der Waals surface area contributed by atoms with Gasteiger partial charge in [0.15, 0.2) is 0 Å². The molecule has 0 unspecified atom stereocenters. The lowest BCUT2D eigenvalue weighted by Crippen LogP contribution is -2.46. The number of rotatable bonds is 4. The summed E-state index contributed by atoms with van der Waals surface area (Å²) in [5.41, 5.74) is 0.226. The topological polar surface area (TPSA) is 41.4 Å². The fraction of sp³-hybridized carbons (Fsp3) is 0.565. The summed E-state index contributed by atoms with van der Waals surface area (Å²) in [6.07, 6.45) is 1.87. The minimum absolute atomic E-state index is 0.0492. The molecule has 1 amide bonds. The van der Waals surface area contributed by atoms with Crippen molar-refractivity contribution in [1.82, 2.24) is 19.4 Å². The van der Waals surface area contributed by atoms with Crippen LogP contribution in [0.25, 0.3) is 11.4 Å². The summed E-state index contributed by atoms with van der Waals surface area (Å²) in [6, 6.07) is 5.91. The monoisotopic (exact) mass is 558 g/mol. The van der Waals surface area contributed by atoms with Crippen molar-refractivity contribution in [3.8, 4) is 11.4 Å². The van der Waals surface area contributed by atoms with Crippen LogP contribution in [-0.4, -0.2) is 57.5 Å². The highest BCUT2D eigenvalue weighted by atomic mass is 127. The van der Waals surface area contributed by atoms with Crippen LogP contribution in [0.3, 0.4) is 0 Å². The van der Waals surface area contributed by atoms with Crippen LogP contribution in [-0.2, 0) is 6.18 Å². The molecule has 2 aliphatic heterocycles. The normalized spacial score (nSPS) is 20.8. The van der Waals surface area contributed by atoms with E-state index in [0.717, 1.165) is 50.9 Å². The first-order chi connectivity index (χ1) is 15.3. The fourth-order valence-electron chi connectivity index (χ4n) is 5.01. The van der Waals surface area contributed by atoms with Crippen molar-refractivity contribution in [2.24, 2.45) is 0 Å². The molecule has 172 valence electrons. The summed E-state index contributed by atoms with van der Waals surface area (Å²) in [4.78, 5) is 22.6. The van der Waals surface area contributed by atoms with E-state index in [1.54, 1.807) is 6.07 Å². The average molecular weight is 558 g/mol. The Bertz CT molecular complexity index is 1000. The molecule has 2 aromatic rings. The van der Waals surface area contributed by atoms with E-state index in [4.69, 9.17) is 0 Å². The maximum Gasteiger partial charge on any atom is 0.416 e. The largest absolute Gasteiger partial charge is 0.416 e. The quantitative estimate of drug-likeness (QED) is 0.485. The third kappa shape index (κ3) is 4.30. The van der Waals surface area contributed by atoms with Gasteiger partial charge in [0.1, 0.15) is 15.2 Å². The van der Waals surface area contributed by atoms with Gasteiger partial charge in [-0.25, -0.2) is 4.98 Å². The molecular formula is C23H26F3IN4O. The van der Waals surface area contributed by atoms with Crippen molar-refractivity contribution in [1.29, 1.82) is 0 Å². The van der Waals surface area contributed by atoms with E-state index < -0.39 is 11.7 Å². The summed E-state index contributed by atoms with van der Waals surface area (Å²) in [7, 11) is 0. The summed E-state index contributed by atoms with van der Waals surface area (Å²) in [6.45, 7) is 3.74. The zero-order chi connectivity index (χ0) is 22.5. The molecule has 1 aromatic carbocycles. The molecule has 0 bridgehead atoms. The summed E-state index contributed by atoms with van der Waals surface area (Å²) in [5, 5.41) is 0. The zero-order valence-corrected chi connectivity index (χ0v) is 19.9. The molecule has 2 saturated heterocycles. The minimum Gasteiger partial charge on any atom is -0.337 e. The van der Waals surface area contributed by atoms with Gasteiger partial charge in [-0.05, 0) is 86.3 Å². The summed E-state index contributed by atoms with van der Waals surface area (Å²) in [5.74, 6) is 0.408. The van der Waals surface area contributed by atoms with Gasteiger partial charge >= 0.3 is 6.18 Å². The smallest absolute Gasteiger partial charge is 0.337 e. The van der Waals surface area contributed by atoms with Crippen LogP contribution in [0, 0.1) is 3.70 Å². The first kappa shape index (κ1) is 22.2. The molecule has 9 heteroatoms. The third-order valence-corrected chi connectivity index (χ3v) is 7.59. The second-order valence-corrected chi connectivity index (χ2v) is 10.0. The number of likely N-dealkylation sites (tertiary alicyclic amines) is 2.